The van der Waals surface area contributed by atoms with Gasteiger partial charge in [-0.3, -0.25) is 9.89 Å². The Kier molecular flexibility index (Phi) is 6.11. The molecule has 4 N–H and O–H groups in total. The van der Waals surface area contributed by atoms with Gasteiger partial charge in [0.25, 0.3) is 0 Å². The Morgan fingerprint density at radius 3 is 2.78 bits per heavy atom. The first-order valence-corrected chi connectivity index (χ1v) is 4.99. The number of benzene rings is 1. The van der Waals surface area contributed by atoms with Gasteiger partial charge in [-0.25, -0.2) is 0 Å². The van der Waals surface area contributed by atoms with E-state index in [1.807, 2.05) is 19.1 Å². The van der Waals surface area contributed by atoms with Crippen molar-refractivity contribution in [1.82, 2.24) is 10.2 Å². The Labute approximate surface area is 117 Å². The maximum atomic E-state index is 10.7. The number of nitrogens with one attached hydrogen (secondary N) is 1. The maximum absolute atomic E-state index is 10.7. The van der Waals surface area contributed by atoms with Crippen molar-refractivity contribution >= 4 is 41.7 Å². The largest absolute Gasteiger partial charge is 0.480 e. The van der Waals surface area contributed by atoms with Crippen LogP contribution in [-0.4, -0.2) is 27.3 Å². The van der Waals surface area contributed by atoms with Crippen LogP contribution in [0.5, 0.6) is 0 Å². The van der Waals surface area contributed by atoms with Crippen LogP contribution < -0.4 is 5.73 Å². The van der Waals surface area contributed by atoms with Crippen LogP contribution in [0.3, 0.4) is 0 Å². The van der Waals surface area contributed by atoms with E-state index in [9.17, 15) is 4.79 Å². The van der Waals surface area contributed by atoms with E-state index in [1.165, 1.54) is 0 Å². The normalized spacial score (nSPS) is 11.4. The van der Waals surface area contributed by atoms with Gasteiger partial charge in [0.05, 0.1) is 11.7 Å². The first-order valence-electron chi connectivity index (χ1n) is 4.99. The molecule has 0 unspecified atom stereocenters. The highest BCUT2D eigenvalue weighted by Crippen LogP contribution is 2.18. The second-order valence-electron chi connectivity index (χ2n) is 3.90. The molecule has 1 aromatic carbocycles. The van der Waals surface area contributed by atoms with Crippen molar-refractivity contribution in [3.05, 3.63) is 29.5 Å². The Bertz CT molecular complexity index is 542. The number of rotatable bonds is 3. The van der Waals surface area contributed by atoms with Crippen molar-refractivity contribution in [3.8, 4) is 0 Å². The summed E-state index contributed by atoms with van der Waals surface area (Å²) >= 11 is 0. The summed E-state index contributed by atoms with van der Waals surface area (Å²) < 4.78 is 0. The van der Waals surface area contributed by atoms with Crippen molar-refractivity contribution in [2.24, 2.45) is 5.73 Å². The number of halogens is 2. The Hall–Kier alpha value is -1.30. The minimum absolute atomic E-state index is 0. The van der Waals surface area contributed by atoms with E-state index in [1.54, 1.807) is 6.20 Å². The summed E-state index contributed by atoms with van der Waals surface area (Å²) in [6.07, 6.45) is 2.05. The smallest absolute Gasteiger partial charge is 0.320 e. The molecule has 2 aromatic rings. The summed E-state index contributed by atoms with van der Waals surface area (Å²) in [7, 11) is 0. The number of hydrogen-bond acceptors (Lipinski definition) is 3. The molecule has 0 aliphatic carbocycles. The van der Waals surface area contributed by atoms with Gasteiger partial charge in [0.2, 0.25) is 0 Å². The lowest BCUT2D eigenvalue weighted by molar-refractivity contribution is -0.138. The topological polar surface area (TPSA) is 92.0 Å². The van der Waals surface area contributed by atoms with Crippen LogP contribution in [0.1, 0.15) is 11.1 Å². The zero-order valence-electron chi connectivity index (χ0n) is 9.71. The van der Waals surface area contributed by atoms with Gasteiger partial charge in [-0.05, 0) is 30.5 Å². The molecule has 1 atom stereocenters. The van der Waals surface area contributed by atoms with E-state index in [-0.39, 0.29) is 24.8 Å². The molecule has 0 saturated carbocycles. The molecule has 7 heteroatoms. The fourth-order valence-corrected chi connectivity index (χ4v) is 1.77. The third-order valence-corrected chi connectivity index (χ3v) is 2.58. The first-order chi connectivity index (χ1) is 7.58. The highest BCUT2D eigenvalue weighted by molar-refractivity contribution is 5.85. The molecule has 18 heavy (non-hydrogen) atoms. The van der Waals surface area contributed by atoms with E-state index in [2.05, 4.69) is 10.2 Å². The number of H-pyrrole nitrogens is 1. The standard InChI is InChI=1S/C11H13N3O2.2ClH/c1-6-2-7(4-9(12)11(15)16)3-8-5-13-14-10(6)8;;/h2-3,5,9H,4,12H2,1H3,(H,13,14)(H,15,16);2*1H/t9-;;/m0../s1. The average molecular weight is 292 g/mol. The van der Waals surface area contributed by atoms with Crippen LogP contribution in [-0.2, 0) is 11.2 Å². The molecule has 1 heterocycles. The van der Waals surface area contributed by atoms with Crippen molar-refractivity contribution in [3.63, 3.8) is 0 Å². The van der Waals surface area contributed by atoms with Crippen molar-refractivity contribution in [1.29, 1.82) is 0 Å². The fraction of sp³-hybridized carbons (Fsp3) is 0.273. The van der Waals surface area contributed by atoms with Gasteiger partial charge in [-0.15, -0.1) is 24.8 Å². The number of carbonyl (C=O) groups is 1. The maximum Gasteiger partial charge on any atom is 0.320 e. The molecule has 0 saturated heterocycles. The van der Waals surface area contributed by atoms with Crippen LogP contribution in [0.4, 0.5) is 0 Å². The SMILES string of the molecule is Cc1cc(C[C@H](N)C(=O)O)cc2cn[nH]c12.Cl.Cl. The number of aryl methyl sites for hydroxylation is 1. The zero-order chi connectivity index (χ0) is 11.7. The highest BCUT2D eigenvalue weighted by Gasteiger charge is 2.13. The summed E-state index contributed by atoms with van der Waals surface area (Å²) in [5.74, 6) is -0.982. The Morgan fingerprint density at radius 1 is 1.50 bits per heavy atom. The number of fused-ring (bicyclic) bond motifs is 1. The second kappa shape index (κ2) is 6.58. The van der Waals surface area contributed by atoms with E-state index in [0.29, 0.717) is 6.42 Å². The fourth-order valence-electron chi connectivity index (χ4n) is 1.77. The molecular formula is C11H15Cl2N3O2. The summed E-state index contributed by atoms with van der Waals surface area (Å²) in [4.78, 5) is 10.7. The molecule has 0 aliphatic rings. The van der Waals surface area contributed by atoms with Gasteiger partial charge in [0.15, 0.2) is 0 Å². The average Bonchev–Trinajstić information content (AvgIpc) is 2.65. The summed E-state index contributed by atoms with van der Waals surface area (Å²) in [6.45, 7) is 1.95. The van der Waals surface area contributed by atoms with Crippen LogP contribution in [0, 0.1) is 6.92 Å². The summed E-state index contributed by atoms with van der Waals surface area (Å²) in [6, 6.07) is 2.99. The zero-order valence-corrected chi connectivity index (χ0v) is 11.3. The molecular weight excluding hydrogens is 277 g/mol. The van der Waals surface area contributed by atoms with Crippen LogP contribution in [0.25, 0.3) is 10.9 Å². The summed E-state index contributed by atoms with van der Waals surface area (Å²) in [5.41, 5.74) is 8.44. The number of aromatic amines is 1. The number of carboxylic acids is 1. The van der Waals surface area contributed by atoms with E-state index >= 15 is 0 Å². The number of carboxylic acid groups (broad SMARTS) is 1. The van der Waals surface area contributed by atoms with Crippen LogP contribution >= 0.6 is 24.8 Å². The van der Waals surface area contributed by atoms with Gasteiger partial charge < -0.3 is 10.8 Å². The molecule has 1 aromatic heterocycles. The number of nitrogens with two attached hydrogens (primary N) is 1. The highest BCUT2D eigenvalue weighted by atomic mass is 35.5. The molecule has 0 fully saturated rings. The number of aromatic nitrogens is 2. The lowest BCUT2D eigenvalue weighted by Gasteiger charge is -2.07. The molecule has 5 nitrogen and oxygen atoms in total. The Morgan fingerprint density at radius 2 is 2.17 bits per heavy atom. The van der Waals surface area contributed by atoms with Gasteiger partial charge in [-0.1, -0.05) is 6.07 Å². The lowest BCUT2D eigenvalue weighted by Crippen LogP contribution is -2.32. The molecule has 0 aliphatic heterocycles. The minimum Gasteiger partial charge on any atom is -0.480 e. The van der Waals surface area contributed by atoms with Gasteiger partial charge in [0, 0.05) is 5.39 Å². The molecule has 0 spiro atoms. The van der Waals surface area contributed by atoms with E-state index in [4.69, 9.17) is 10.8 Å². The van der Waals surface area contributed by atoms with Crippen LogP contribution in [0.2, 0.25) is 0 Å². The Balaban J connectivity index is 0.00000144. The third kappa shape index (κ3) is 3.35. The number of nitrogens with zero attached hydrogens (tertiary/aromatic N) is 1. The third-order valence-electron chi connectivity index (χ3n) is 2.58. The lowest BCUT2D eigenvalue weighted by atomic mass is 10.0. The number of aliphatic carboxylic acids is 1. The van der Waals surface area contributed by atoms with Crippen molar-refractivity contribution < 1.29 is 9.90 Å². The van der Waals surface area contributed by atoms with Gasteiger partial charge in [0.1, 0.15) is 6.04 Å². The predicted octanol–water partition coefficient (Wildman–Crippen LogP) is 1.67. The molecule has 2 rings (SSSR count). The van der Waals surface area contributed by atoms with Crippen LogP contribution in [0.15, 0.2) is 18.3 Å². The molecule has 0 amide bonds. The van der Waals surface area contributed by atoms with E-state index < -0.39 is 12.0 Å². The molecule has 0 bridgehead atoms. The molecule has 0 radical (unpaired) electrons. The summed E-state index contributed by atoms with van der Waals surface area (Å²) in [5, 5.41) is 16.6. The predicted molar refractivity (Wildman–Crippen MR) is 74.6 cm³/mol. The van der Waals surface area contributed by atoms with Gasteiger partial charge >= 0.3 is 5.97 Å². The number of hydrogen-bond donors (Lipinski definition) is 3. The monoisotopic (exact) mass is 291 g/mol. The quantitative estimate of drug-likeness (QED) is 0.802. The second-order valence-corrected chi connectivity index (χ2v) is 3.90. The van der Waals surface area contributed by atoms with Crippen molar-refractivity contribution in [2.75, 3.05) is 0 Å². The van der Waals surface area contributed by atoms with Gasteiger partial charge in [-0.2, -0.15) is 5.10 Å². The molecule has 100 valence electrons. The minimum atomic E-state index is -0.982. The van der Waals surface area contributed by atoms with Crippen molar-refractivity contribution in [2.45, 2.75) is 19.4 Å². The van der Waals surface area contributed by atoms with E-state index in [0.717, 1.165) is 22.0 Å². The first kappa shape index (κ1) is 16.7.